The lowest BCUT2D eigenvalue weighted by Gasteiger charge is -2.33. The Morgan fingerprint density at radius 2 is 2.00 bits per heavy atom. The van der Waals surface area contributed by atoms with E-state index in [9.17, 15) is 9.59 Å². The van der Waals surface area contributed by atoms with E-state index in [1.54, 1.807) is 0 Å². The fourth-order valence-electron chi connectivity index (χ4n) is 3.19. The van der Waals surface area contributed by atoms with E-state index in [4.69, 9.17) is 0 Å². The molecule has 1 aliphatic rings. The number of ether oxygens (including phenoxy) is 1. The van der Waals surface area contributed by atoms with Crippen molar-refractivity contribution in [2.45, 2.75) is 44.9 Å². The normalized spacial score (nSPS) is 17.8. The van der Waals surface area contributed by atoms with E-state index in [0.29, 0.717) is 25.2 Å². The summed E-state index contributed by atoms with van der Waals surface area (Å²) >= 11 is 0. The number of hydrogen-bond acceptors (Lipinski definition) is 3. The predicted molar refractivity (Wildman–Crippen MR) is 89.9 cm³/mol. The van der Waals surface area contributed by atoms with Gasteiger partial charge < -0.3 is 9.64 Å². The summed E-state index contributed by atoms with van der Waals surface area (Å²) in [6, 6.07) is 10.5. The molecule has 1 atom stereocenters. The van der Waals surface area contributed by atoms with Crippen molar-refractivity contribution in [3.8, 4) is 0 Å². The number of carbonyl (C=O) groups is 2. The third-order valence-corrected chi connectivity index (χ3v) is 4.55. The Morgan fingerprint density at radius 3 is 2.74 bits per heavy atom. The fraction of sp³-hybridized carbons (Fsp3) is 0.579. The summed E-state index contributed by atoms with van der Waals surface area (Å²) in [6.45, 7) is 1.72. The van der Waals surface area contributed by atoms with E-state index in [-0.39, 0.29) is 11.9 Å². The molecule has 1 aliphatic heterocycles. The first kappa shape index (κ1) is 17.5. The van der Waals surface area contributed by atoms with Crippen LogP contribution in [0.2, 0.25) is 0 Å². The lowest BCUT2D eigenvalue weighted by molar-refractivity contribution is -0.141. The smallest absolute Gasteiger partial charge is 0.305 e. The highest BCUT2D eigenvalue weighted by Crippen LogP contribution is 2.22. The Morgan fingerprint density at radius 1 is 1.22 bits per heavy atom. The SMILES string of the molecule is COC(=O)CCCC(=O)N1CCCC(CCc2ccccc2)C1. The van der Waals surface area contributed by atoms with E-state index in [1.165, 1.54) is 19.1 Å². The number of rotatable bonds is 7. The first-order chi connectivity index (χ1) is 11.2. The molecule has 0 bridgehead atoms. The molecule has 1 amide bonds. The number of likely N-dealkylation sites (tertiary alicyclic amines) is 1. The first-order valence-electron chi connectivity index (χ1n) is 8.57. The van der Waals surface area contributed by atoms with Crippen LogP contribution in [0.1, 0.15) is 44.1 Å². The maximum absolute atomic E-state index is 12.3. The van der Waals surface area contributed by atoms with Gasteiger partial charge in [-0.05, 0) is 43.6 Å². The molecule has 1 saturated heterocycles. The maximum atomic E-state index is 12.3. The molecule has 1 heterocycles. The van der Waals surface area contributed by atoms with Gasteiger partial charge in [-0.1, -0.05) is 30.3 Å². The Balaban J connectivity index is 1.72. The number of hydrogen-bond donors (Lipinski definition) is 0. The van der Waals surface area contributed by atoms with E-state index in [2.05, 4.69) is 29.0 Å². The summed E-state index contributed by atoms with van der Waals surface area (Å²) in [5.74, 6) is 0.531. The van der Waals surface area contributed by atoms with Crippen molar-refractivity contribution in [3.05, 3.63) is 35.9 Å². The molecule has 1 unspecified atom stereocenters. The molecule has 0 aromatic heterocycles. The minimum atomic E-state index is -0.239. The third-order valence-electron chi connectivity index (χ3n) is 4.55. The van der Waals surface area contributed by atoms with Gasteiger partial charge in [0.05, 0.1) is 7.11 Å². The average Bonchev–Trinajstić information content (AvgIpc) is 2.60. The Bertz CT molecular complexity index is 501. The number of amides is 1. The summed E-state index contributed by atoms with van der Waals surface area (Å²) in [5.41, 5.74) is 1.37. The second-order valence-electron chi connectivity index (χ2n) is 6.30. The molecule has 1 aromatic carbocycles. The lowest BCUT2D eigenvalue weighted by atomic mass is 9.91. The second kappa shape index (κ2) is 9.33. The topological polar surface area (TPSA) is 46.6 Å². The zero-order chi connectivity index (χ0) is 16.5. The van der Waals surface area contributed by atoms with Crippen molar-refractivity contribution < 1.29 is 14.3 Å². The molecule has 0 N–H and O–H groups in total. The average molecular weight is 317 g/mol. The highest BCUT2D eigenvalue weighted by Gasteiger charge is 2.23. The van der Waals surface area contributed by atoms with Gasteiger partial charge in [0.25, 0.3) is 0 Å². The van der Waals surface area contributed by atoms with Gasteiger partial charge in [-0.3, -0.25) is 9.59 Å². The van der Waals surface area contributed by atoms with Gasteiger partial charge in [0.1, 0.15) is 0 Å². The van der Waals surface area contributed by atoms with Crippen LogP contribution in [0, 0.1) is 5.92 Å². The zero-order valence-electron chi connectivity index (χ0n) is 14.0. The predicted octanol–water partition coefficient (Wildman–Crippen LogP) is 3.20. The van der Waals surface area contributed by atoms with Crippen LogP contribution < -0.4 is 0 Å². The second-order valence-corrected chi connectivity index (χ2v) is 6.30. The molecule has 1 aromatic rings. The van der Waals surface area contributed by atoms with Gasteiger partial charge in [-0.2, -0.15) is 0 Å². The third kappa shape index (κ3) is 6.05. The van der Waals surface area contributed by atoms with Gasteiger partial charge in [0.15, 0.2) is 0 Å². The van der Waals surface area contributed by atoms with Crippen molar-refractivity contribution in [2.24, 2.45) is 5.92 Å². The lowest BCUT2D eigenvalue weighted by Crippen LogP contribution is -2.40. The molecule has 0 spiro atoms. The zero-order valence-corrected chi connectivity index (χ0v) is 14.0. The van der Waals surface area contributed by atoms with Crippen molar-refractivity contribution >= 4 is 11.9 Å². The Hall–Kier alpha value is -1.84. The van der Waals surface area contributed by atoms with Crippen LogP contribution in [-0.4, -0.2) is 37.0 Å². The van der Waals surface area contributed by atoms with Crippen molar-refractivity contribution in [1.82, 2.24) is 4.90 Å². The fourth-order valence-corrected chi connectivity index (χ4v) is 3.19. The van der Waals surface area contributed by atoms with E-state index in [0.717, 1.165) is 32.4 Å². The van der Waals surface area contributed by atoms with Crippen molar-refractivity contribution in [1.29, 1.82) is 0 Å². The van der Waals surface area contributed by atoms with E-state index < -0.39 is 0 Å². The summed E-state index contributed by atoms with van der Waals surface area (Å²) in [4.78, 5) is 25.3. The molecule has 1 fully saturated rings. The first-order valence-corrected chi connectivity index (χ1v) is 8.57. The van der Waals surface area contributed by atoms with Crippen LogP contribution in [-0.2, 0) is 20.7 Å². The molecule has 0 aliphatic carbocycles. The highest BCUT2D eigenvalue weighted by molar-refractivity contribution is 5.77. The minimum Gasteiger partial charge on any atom is -0.469 e. The molecule has 23 heavy (non-hydrogen) atoms. The molecule has 2 rings (SSSR count). The van der Waals surface area contributed by atoms with Gasteiger partial charge >= 0.3 is 5.97 Å². The number of methoxy groups -OCH3 is 1. The number of benzene rings is 1. The quantitative estimate of drug-likeness (QED) is 0.726. The number of carbonyl (C=O) groups excluding carboxylic acids is 2. The maximum Gasteiger partial charge on any atom is 0.305 e. The molecule has 126 valence electrons. The number of piperidine rings is 1. The van der Waals surface area contributed by atoms with Crippen LogP contribution in [0.5, 0.6) is 0 Å². The highest BCUT2D eigenvalue weighted by atomic mass is 16.5. The molecule has 4 nitrogen and oxygen atoms in total. The molecule has 4 heteroatoms. The van der Waals surface area contributed by atoms with Crippen molar-refractivity contribution in [2.75, 3.05) is 20.2 Å². The van der Waals surface area contributed by atoms with Gasteiger partial charge in [0, 0.05) is 25.9 Å². The molecular formula is C19H27NO3. The standard InChI is InChI=1S/C19H27NO3/c1-23-19(22)11-5-10-18(21)20-14-6-9-17(15-20)13-12-16-7-3-2-4-8-16/h2-4,7-8,17H,5-6,9-15H2,1H3. The monoisotopic (exact) mass is 317 g/mol. The Labute approximate surface area is 138 Å². The van der Waals surface area contributed by atoms with Crippen LogP contribution >= 0.6 is 0 Å². The van der Waals surface area contributed by atoms with E-state index in [1.807, 2.05) is 11.0 Å². The number of nitrogens with zero attached hydrogens (tertiary/aromatic N) is 1. The minimum absolute atomic E-state index is 0.179. The largest absolute Gasteiger partial charge is 0.469 e. The summed E-state index contributed by atoms with van der Waals surface area (Å²) < 4.78 is 4.60. The van der Waals surface area contributed by atoms with E-state index >= 15 is 0 Å². The summed E-state index contributed by atoms with van der Waals surface area (Å²) in [6.07, 6.45) is 5.86. The van der Waals surface area contributed by atoms with Gasteiger partial charge in [-0.25, -0.2) is 0 Å². The molecule has 0 saturated carbocycles. The van der Waals surface area contributed by atoms with Crippen molar-refractivity contribution in [3.63, 3.8) is 0 Å². The van der Waals surface area contributed by atoms with Crippen LogP contribution in [0.3, 0.4) is 0 Å². The number of aryl methyl sites for hydroxylation is 1. The van der Waals surface area contributed by atoms with Gasteiger partial charge in [0.2, 0.25) is 5.91 Å². The molecular weight excluding hydrogens is 290 g/mol. The Kier molecular flexibility index (Phi) is 7.11. The van der Waals surface area contributed by atoms with Gasteiger partial charge in [-0.15, -0.1) is 0 Å². The number of esters is 1. The van der Waals surface area contributed by atoms with Crippen LogP contribution in [0.25, 0.3) is 0 Å². The molecule has 0 radical (unpaired) electrons. The van der Waals surface area contributed by atoms with Crippen LogP contribution in [0.4, 0.5) is 0 Å². The summed E-state index contributed by atoms with van der Waals surface area (Å²) in [7, 11) is 1.38. The summed E-state index contributed by atoms with van der Waals surface area (Å²) in [5, 5.41) is 0. The van der Waals surface area contributed by atoms with Crippen LogP contribution in [0.15, 0.2) is 30.3 Å².